The number of carboxylic acid groups (broad SMARTS) is 1. The number of rotatable bonds is 5. The fourth-order valence-electron chi connectivity index (χ4n) is 2.48. The third kappa shape index (κ3) is 3.55. The van der Waals surface area contributed by atoms with Gasteiger partial charge >= 0.3 is 5.97 Å². The fourth-order valence-corrected chi connectivity index (χ4v) is 2.48. The highest BCUT2D eigenvalue weighted by atomic mass is 16.4. The Morgan fingerprint density at radius 2 is 2.21 bits per heavy atom. The number of benzene rings is 1. The second-order valence-corrected chi connectivity index (χ2v) is 4.93. The van der Waals surface area contributed by atoms with Crippen molar-refractivity contribution in [2.45, 2.75) is 32.2 Å². The Bertz CT molecular complexity index is 505. The van der Waals surface area contributed by atoms with E-state index in [9.17, 15) is 4.79 Å². The van der Waals surface area contributed by atoms with Gasteiger partial charge in [-0.3, -0.25) is 4.90 Å². The van der Waals surface area contributed by atoms with Crippen molar-refractivity contribution in [1.82, 2.24) is 4.90 Å². The maximum atomic E-state index is 11.0. The first-order chi connectivity index (χ1) is 9.20. The van der Waals surface area contributed by atoms with E-state index in [4.69, 9.17) is 10.4 Å². The maximum Gasteiger partial charge on any atom is 0.335 e. The van der Waals surface area contributed by atoms with E-state index < -0.39 is 5.97 Å². The summed E-state index contributed by atoms with van der Waals surface area (Å²) < 4.78 is 0. The number of hydrogen-bond acceptors (Lipinski definition) is 3. The van der Waals surface area contributed by atoms with Crippen LogP contribution in [0.5, 0.6) is 0 Å². The van der Waals surface area contributed by atoms with E-state index >= 15 is 0 Å². The molecule has 100 valence electrons. The average molecular weight is 258 g/mol. The lowest BCUT2D eigenvalue weighted by Crippen LogP contribution is -2.31. The van der Waals surface area contributed by atoms with Crippen LogP contribution in [0.2, 0.25) is 0 Å². The Labute approximate surface area is 113 Å². The predicted octanol–water partition coefficient (Wildman–Crippen LogP) is 2.44. The standard InChI is InChI=1S/C15H18N2O2/c16-7-2-1-3-8-17-9-6-12-4-5-13(15(18)19)10-14(12)11-17/h4-5,10H,1-3,6,8-9,11H2,(H,18,19). The SMILES string of the molecule is N#CCCCCN1CCc2ccc(C(=O)O)cc2C1. The van der Waals surface area contributed by atoms with Crippen molar-refractivity contribution in [3.05, 3.63) is 34.9 Å². The van der Waals surface area contributed by atoms with Crippen LogP contribution < -0.4 is 0 Å². The van der Waals surface area contributed by atoms with Gasteiger partial charge in [-0.2, -0.15) is 5.26 Å². The summed E-state index contributed by atoms with van der Waals surface area (Å²) in [5.74, 6) is -0.867. The van der Waals surface area contributed by atoms with Crippen LogP contribution in [0.4, 0.5) is 0 Å². The zero-order valence-corrected chi connectivity index (χ0v) is 10.9. The van der Waals surface area contributed by atoms with E-state index in [-0.39, 0.29) is 0 Å². The first-order valence-corrected chi connectivity index (χ1v) is 6.65. The van der Waals surface area contributed by atoms with E-state index in [0.717, 1.165) is 44.5 Å². The molecule has 0 aliphatic carbocycles. The van der Waals surface area contributed by atoms with Gasteiger partial charge in [-0.25, -0.2) is 4.79 Å². The molecular weight excluding hydrogens is 240 g/mol. The van der Waals surface area contributed by atoms with Crippen molar-refractivity contribution in [1.29, 1.82) is 5.26 Å². The Balaban J connectivity index is 1.96. The zero-order valence-electron chi connectivity index (χ0n) is 10.9. The normalized spacial score (nSPS) is 14.7. The minimum absolute atomic E-state index is 0.366. The van der Waals surface area contributed by atoms with Crippen LogP contribution >= 0.6 is 0 Å². The van der Waals surface area contributed by atoms with Gasteiger partial charge in [0.2, 0.25) is 0 Å². The van der Waals surface area contributed by atoms with Gasteiger partial charge in [0.15, 0.2) is 0 Å². The molecule has 1 aromatic carbocycles. The Morgan fingerprint density at radius 3 is 2.95 bits per heavy atom. The van der Waals surface area contributed by atoms with Gasteiger partial charge in [-0.05, 0) is 49.1 Å². The molecule has 0 amide bonds. The second kappa shape index (κ2) is 6.35. The lowest BCUT2D eigenvalue weighted by Gasteiger charge is -2.28. The van der Waals surface area contributed by atoms with E-state index in [2.05, 4.69) is 11.0 Å². The highest BCUT2D eigenvalue weighted by Gasteiger charge is 2.17. The van der Waals surface area contributed by atoms with Gasteiger partial charge in [0, 0.05) is 19.5 Å². The van der Waals surface area contributed by atoms with E-state index in [1.54, 1.807) is 12.1 Å². The molecule has 0 aromatic heterocycles. The summed E-state index contributed by atoms with van der Waals surface area (Å²) >= 11 is 0. The summed E-state index contributed by atoms with van der Waals surface area (Å²) in [6, 6.07) is 7.57. The van der Waals surface area contributed by atoms with Crippen molar-refractivity contribution in [2.24, 2.45) is 0 Å². The number of nitrogens with zero attached hydrogens (tertiary/aromatic N) is 2. The Hall–Kier alpha value is -1.86. The van der Waals surface area contributed by atoms with Crippen molar-refractivity contribution >= 4 is 5.97 Å². The number of hydrogen-bond donors (Lipinski definition) is 1. The smallest absolute Gasteiger partial charge is 0.335 e. The first kappa shape index (κ1) is 13.6. The number of aromatic carboxylic acids is 1. The number of unbranched alkanes of at least 4 members (excludes halogenated alkanes) is 2. The Morgan fingerprint density at radius 1 is 1.37 bits per heavy atom. The molecule has 1 aromatic rings. The third-order valence-corrected chi connectivity index (χ3v) is 3.56. The van der Waals surface area contributed by atoms with Gasteiger partial charge in [-0.1, -0.05) is 6.07 Å². The van der Waals surface area contributed by atoms with Gasteiger partial charge in [0.05, 0.1) is 11.6 Å². The molecule has 0 fully saturated rings. The number of nitriles is 1. The van der Waals surface area contributed by atoms with Crippen LogP contribution in [-0.2, 0) is 13.0 Å². The van der Waals surface area contributed by atoms with Gasteiger partial charge in [-0.15, -0.1) is 0 Å². The van der Waals surface area contributed by atoms with Crippen molar-refractivity contribution in [2.75, 3.05) is 13.1 Å². The molecule has 0 saturated heterocycles. The van der Waals surface area contributed by atoms with Crippen LogP contribution in [0.15, 0.2) is 18.2 Å². The summed E-state index contributed by atoms with van der Waals surface area (Å²) in [6.07, 6.45) is 3.57. The van der Waals surface area contributed by atoms with Crippen molar-refractivity contribution < 1.29 is 9.90 Å². The van der Waals surface area contributed by atoms with Crippen LogP contribution in [-0.4, -0.2) is 29.1 Å². The van der Waals surface area contributed by atoms with E-state index in [0.29, 0.717) is 12.0 Å². The molecule has 1 heterocycles. The minimum atomic E-state index is -0.867. The third-order valence-electron chi connectivity index (χ3n) is 3.56. The van der Waals surface area contributed by atoms with Crippen LogP contribution in [0, 0.1) is 11.3 Å². The molecule has 1 N–H and O–H groups in total. The fraction of sp³-hybridized carbons (Fsp3) is 0.467. The monoisotopic (exact) mass is 258 g/mol. The summed E-state index contributed by atoms with van der Waals surface area (Å²) in [4.78, 5) is 13.3. The lowest BCUT2D eigenvalue weighted by molar-refractivity contribution is 0.0696. The lowest BCUT2D eigenvalue weighted by atomic mass is 9.97. The van der Waals surface area contributed by atoms with Gasteiger partial charge in [0.25, 0.3) is 0 Å². The van der Waals surface area contributed by atoms with E-state index in [1.807, 2.05) is 6.07 Å². The summed E-state index contributed by atoms with van der Waals surface area (Å²) in [5, 5.41) is 17.5. The van der Waals surface area contributed by atoms with Crippen molar-refractivity contribution in [3.8, 4) is 6.07 Å². The molecule has 0 saturated carbocycles. The highest BCUT2D eigenvalue weighted by molar-refractivity contribution is 5.87. The highest BCUT2D eigenvalue weighted by Crippen LogP contribution is 2.20. The molecule has 0 atom stereocenters. The summed E-state index contributed by atoms with van der Waals surface area (Å²) in [5.41, 5.74) is 2.76. The summed E-state index contributed by atoms with van der Waals surface area (Å²) in [6.45, 7) is 2.83. The van der Waals surface area contributed by atoms with E-state index in [1.165, 1.54) is 5.56 Å². The summed E-state index contributed by atoms with van der Waals surface area (Å²) in [7, 11) is 0. The number of fused-ring (bicyclic) bond motifs is 1. The van der Waals surface area contributed by atoms with Crippen molar-refractivity contribution in [3.63, 3.8) is 0 Å². The molecule has 0 bridgehead atoms. The maximum absolute atomic E-state index is 11.0. The van der Waals surface area contributed by atoms with Crippen LogP contribution in [0.3, 0.4) is 0 Å². The quantitative estimate of drug-likeness (QED) is 0.824. The molecule has 19 heavy (non-hydrogen) atoms. The largest absolute Gasteiger partial charge is 0.478 e. The van der Waals surface area contributed by atoms with Crippen LogP contribution in [0.1, 0.15) is 40.7 Å². The molecule has 4 heteroatoms. The number of carbonyl (C=O) groups is 1. The topological polar surface area (TPSA) is 64.3 Å². The molecule has 0 spiro atoms. The molecule has 4 nitrogen and oxygen atoms in total. The predicted molar refractivity (Wildman–Crippen MR) is 71.8 cm³/mol. The van der Waals surface area contributed by atoms with Gasteiger partial charge in [0.1, 0.15) is 0 Å². The molecule has 1 aliphatic rings. The number of carboxylic acids is 1. The van der Waals surface area contributed by atoms with Gasteiger partial charge < -0.3 is 5.11 Å². The first-order valence-electron chi connectivity index (χ1n) is 6.65. The van der Waals surface area contributed by atoms with Crippen LogP contribution in [0.25, 0.3) is 0 Å². The molecule has 0 radical (unpaired) electrons. The Kier molecular flexibility index (Phi) is 4.53. The molecule has 0 unspecified atom stereocenters. The molecule has 2 rings (SSSR count). The minimum Gasteiger partial charge on any atom is -0.478 e. The zero-order chi connectivity index (χ0) is 13.7. The second-order valence-electron chi connectivity index (χ2n) is 4.93. The average Bonchev–Trinajstić information content (AvgIpc) is 2.42. The molecule has 1 aliphatic heterocycles. The molecular formula is C15H18N2O2.